The van der Waals surface area contributed by atoms with Gasteiger partial charge >= 0.3 is 5.63 Å². The molecule has 1 aromatic carbocycles. The number of nitro groups is 1. The summed E-state index contributed by atoms with van der Waals surface area (Å²) in [6, 6.07) is 5.24. The van der Waals surface area contributed by atoms with Crippen molar-refractivity contribution in [1.82, 2.24) is 0 Å². The number of hydrogen-bond donors (Lipinski definition) is 0. The largest absolute Gasteiger partial charge is 0.422 e. The van der Waals surface area contributed by atoms with Gasteiger partial charge in [-0.1, -0.05) is 0 Å². The maximum absolute atomic E-state index is 11.4. The highest BCUT2D eigenvalue weighted by Gasteiger charge is 2.12. The molecule has 0 atom stereocenters. The minimum atomic E-state index is -0.787. The van der Waals surface area contributed by atoms with Crippen molar-refractivity contribution in [3.63, 3.8) is 0 Å². The Kier molecular flexibility index (Phi) is 2.47. The fraction of sp³-hybridized carbons (Fsp3) is 0.0909. The maximum atomic E-state index is 11.4. The van der Waals surface area contributed by atoms with E-state index in [4.69, 9.17) is 4.42 Å². The van der Waals surface area contributed by atoms with Crippen LogP contribution in [0.1, 0.15) is 17.3 Å². The molecule has 6 heteroatoms. The van der Waals surface area contributed by atoms with E-state index in [1.165, 1.54) is 25.1 Å². The molecule has 0 aliphatic heterocycles. The van der Waals surface area contributed by atoms with Crippen LogP contribution < -0.4 is 5.63 Å². The SMILES string of the molecule is CC(=O)c1cc2ccc([N+](=O)[O-])cc2oc1=O. The van der Waals surface area contributed by atoms with Gasteiger partial charge in [0.1, 0.15) is 11.1 Å². The number of non-ortho nitro benzene ring substituents is 1. The lowest BCUT2D eigenvalue weighted by molar-refractivity contribution is -0.384. The Bertz CT molecular complexity index is 686. The Morgan fingerprint density at radius 3 is 2.65 bits per heavy atom. The number of rotatable bonds is 2. The van der Waals surface area contributed by atoms with Crippen LogP contribution in [0.3, 0.4) is 0 Å². The lowest BCUT2D eigenvalue weighted by Crippen LogP contribution is -2.10. The zero-order valence-corrected chi connectivity index (χ0v) is 8.80. The Morgan fingerprint density at radius 2 is 2.06 bits per heavy atom. The van der Waals surface area contributed by atoms with E-state index in [2.05, 4.69) is 0 Å². The first-order valence-electron chi connectivity index (χ1n) is 4.72. The molecule has 2 rings (SSSR count). The number of nitro benzene ring substituents is 1. The summed E-state index contributed by atoms with van der Waals surface area (Å²) in [5, 5.41) is 11.0. The molecule has 2 aromatic rings. The van der Waals surface area contributed by atoms with Crippen molar-refractivity contribution in [2.45, 2.75) is 6.92 Å². The molecule has 0 bridgehead atoms. The van der Waals surface area contributed by atoms with Gasteiger partial charge < -0.3 is 4.42 Å². The van der Waals surface area contributed by atoms with Gasteiger partial charge in [-0.2, -0.15) is 0 Å². The van der Waals surface area contributed by atoms with Gasteiger partial charge in [-0.15, -0.1) is 0 Å². The van der Waals surface area contributed by atoms with Crippen LogP contribution in [0.25, 0.3) is 11.0 Å². The third-order valence-corrected chi connectivity index (χ3v) is 2.31. The number of hydrogen-bond acceptors (Lipinski definition) is 5. The summed E-state index contributed by atoms with van der Waals surface area (Å²) in [5.41, 5.74) is -0.928. The summed E-state index contributed by atoms with van der Waals surface area (Å²) in [7, 11) is 0. The highest BCUT2D eigenvalue weighted by molar-refractivity contribution is 5.96. The number of benzene rings is 1. The zero-order valence-electron chi connectivity index (χ0n) is 8.80. The first kappa shape index (κ1) is 11.0. The Hall–Kier alpha value is -2.50. The van der Waals surface area contributed by atoms with Crippen LogP contribution in [0.15, 0.2) is 33.5 Å². The van der Waals surface area contributed by atoms with Crippen molar-refractivity contribution in [1.29, 1.82) is 0 Å². The van der Waals surface area contributed by atoms with Gasteiger partial charge in [0.2, 0.25) is 0 Å². The number of carbonyl (C=O) groups is 1. The zero-order chi connectivity index (χ0) is 12.6. The molecule has 0 aliphatic carbocycles. The summed E-state index contributed by atoms with van der Waals surface area (Å²) in [5.74, 6) is -0.404. The molecule has 17 heavy (non-hydrogen) atoms. The van der Waals surface area contributed by atoms with Gasteiger partial charge in [0.05, 0.1) is 11.0 Å². The van der Waals surface area contributed by atoms with Gasteiger partial charge in [-0.05, 0) is 19.1 Å². The molecule has 0 N–H and O–H groups in total. The summed E-state index contributed by atoms with van der Waals surface area (Å²) in [6.45, 7) is 1.25. The van der Waals surface area contributed by atoms with Gasteiger partial charge in [-0.25, -0.2) is 4.79 Å². The second kappa shape index (κ2) is 3.82. The Morgan fingerprint density at radius 1 is 1.35 bits per heavy atom. The summed E-state index contributed by atoms with van der Waals surface area (Å²) >= 11 is 0. The van der Waals surface area contributed by atoms with Crippen molar-refractivity contribution in [2.24, 2.45) is 0 Å². The smallest absolute Gasteiger partial charge is 0.347 e. The molecule has 0 unspecified atom stereocenters. The third kappa shape index (κ3) is 1.92. The average Bonchev–Trinajstić information content (AvgIpc) is 2.26. The second-order valence-corrected chi connectivity index (χ2v) is 3.48. The second-order valence-electron chi connectivity index (χ2n) is 3.48. The molecule has 1 aromatic heterocycles. The monoisotopic (exact) mass is 233 g/mol. The predicted molar refractivity (Wildman–Crippen MR) is 59.1 cm³/mol. The van der Waals surface area contributed by atoms with Gasteiger partial charge in [0.25, 0.3) is 5.69 Å². The molecule has 0 fully saturated rings. The fourth-order valence-corrected chi connectivity index (χ4v) is 1.46. The van der Waals surface area contributed by atoms with E-state index < -0.39 is 16.3 Å². The molecular weight excluding hydrogens is 226 g/mol. The molecule has 0 aliphatic rings. The number of carbonyl (C=O) groups excluding carboxylic acids is 1. The normalized spacial score (nSPS) is 10.4. The first-order chi connectivity index (χ1) is 7.99. The van der Waals surface area contributed by atoms with Crippen molar-refractivity contribution < 1.29 is 14.1 Å². The van der Waals surface area contributed by atoms with Crippen LogP contribution in [0.4, 0.5) is 5.69 Å². The number of fused-ring (bicyclic) bond motifs is 1. The quantitative estimate of drug-likeness (QED) is 0.342. The lowest BCUT2D eigenvalue weighted by Gasteiger charge is -1.98. The van der Waals surface area contributed by atoms with E-state index in [0.717, 1.165) is 6.07 Å². The highest BCUT2D eigenvalue weighted by atomic mass is 16.6. The molecule has 86 valence electrons. The maximum Gasteiger partial charge on any atom is 0.347 e. The van der Waals surface area contributed by atoms with Crippen LogP contribution in [0, 0.1) is 10.1 Å². The first-order valence-corrected chi connectivity index (χ1v) is 4.72. The molecule has 0 spiro atoms. The van der Waals surface area contributed by atoms with E-state index in [-0.39, 0.29) is 16.8 Å². The van der Waals surface area contributed by atoms with Crippen LogP contribution in [0.2, 0.25) is 0 Å². The molecule has 0 amide bonds. The molecule has 0 radical (unpaired) electrons. The van der Waals surface area contributed by atoms with Crippen LogP contribution in [-0.4, -0.2) is 10.7 Å². The number of nitrogens with zero attached hydrogens (tertiary/aromatic N) is 1. The van der Waals surface area contributed by atoms with E-state index in [0.29, 0.717) is 5.39 Å². The summed E-state index contributed by atoms with van der Waals surface area (Å²) in [4.78, 5) is 32.5. The summed E-state index contributed by atoms with van der Waals surface area (Å²) in [6.07, 6.45) is 0. The van der Waals surface area contributed by atoms with Crippen molar-refractivity contribution >= 4 is 22.4 Å². The Labute approximate surface area is 94.6 Å². The van der Waals surface area contributed by atoms with Crippen LogP contribution in [0.5, 0.6) is 0 Å². The number of Topliss-reactive ketones (excluding diaryl/α,β-unsaturated/α-hetero) is 1. The molecule has 0 saturated heterocycles. The molecular formula is C11H7NO5. The van der Waals surface area contributed by atoms with E-state index in [1.54, 1.807) is 0 Å². The van der Waals surface area contributed by atoms with Gasteiger partial charge in [-0.3, -0.25) is 14.9 Å². The van der Waals surface area contributed by atoms with Crippen molar-refractivity contribution in [2.75, 3.05) is 0 Å². The van der Waals surface area contributed by atoms with Gasteiger partial charge in [0.15, 0.2) is 5.78 Å². The molecule has 0 saturated carbocycles. The van der Waals surface area contributed by atoms with E-state index in [1.807, 2.05) is 0 Å². The van der Waals surface area contributed by atoms with Crippen LogP contribution >= 0.6 is 0 Å². The van der Waals surface area contributed by atoms with E-state index >= 15 is 0 Å². The average molecular weight is 233 g/mol. The predicted octanol–water partition coefficient (Wildman–Crippen LogP) is 1.90. The lowest BCUT2D eigenvalue weighted by atomic mass is 10.1. The van der Waals surface area contributed by atoms with Crippen LogP contribution in [-0.2, 0) is 0 Å². The molecule has 1 heterocycles. The van der Waals surface area contributed by atoms with Gasteiger partial charge in [0, 0.05) is 11.5 Å². The van der Waals surface area contributed by atoms with E-state index in [9.17, 15) is 19.7 Å². The number of ketones is 1. The van der Waals surface area contributed by atoms with Crippen molar-refractivity contribution in [3.8, 4) is 0 Å². The summed E-state index contributed by atoms with van der Waals surface area (Å²) < 4.78 is 4.86. The fourth-order valence-electron chi connectivity index (χ4n) is 1.46. The Balaban J connectivity index is 2.75. The molecule has 6 nitrogen and oxygen atoms in total. The van der Waals surface area contributed by atoms with Crippen molar-refractivity contribution in [3.05, 3.63) is 50.4 Å². The highest BCUT2D eigenvalue weighted by Crippen LogP contribution is 2.20. The minimum absolute atomic E-state index is 0.0636. The third-order valence-electron chi connectivity index (χ3n) is 2.31. The standard InChI is InChI=1S/C11H7NO5/c1-6(13)9-4-7-2-3-8(12(15)16)5-10(7)17-11(9)14/h2-5H,1H3. The topological polar surface area (TPSA) is 90.4 Å². The minimum Gasteiger partial charge on any atom is -0.422 e.